The topological polar surface area (TPSA) is 109 Å². The van der Waals surface area contributed by atoms with Crippen molar-refractivity contribution < 1.29 is 32.3 Å². The molecule has 4 aromatic rings. The Labute approximate surface area is 264 Å². The van der Waals surface area contributed by atoms with E-state index in [4.69, 9.17) is 4.74 Å². The number of carbonyl (C=O) groups excluding carboxylic acids is 3. The van der Waals surface area contributed by atoms with Gasteiger partial charge in [-0.2, -0.15) is 13.2 Å². The van der Waals surface area contributed by atoms with Gasteiger partial charge >= 0.3 is 11.0 Å². The summed E-state index contributed by atoms with van der Waals surface area (Å²) in [6, 6.07) is 16.3. The Bertz CT molecular complexity index is 1870. The molecule has 226 valence electrons. The molecule has 0 saturated carbocycles. The van der Waals surface area contributed by atoms with Gasteiger partial charge in [0.05, 0.1) is 22.2 Å². The number of para-hydroxylation sites is 1. The van der Waals surface area contributed by atoms with Gasteiger partial charge in [-0.1, -0.05) is 63.3 Å². The first-order valence-electron chi connectivity index (χ1n) is 13.1. The second-order valence-corrected chi connectivity index (χ2v) is 13.2. The van der Waals surface area contributed by atoms with Gasteiger partial charge in [-0.15, -0.1) is 0 Å². The number of carbonyl (C=O) groups is 3. The van der Waals surface area contributed by atoms with Crippen LogP contribution in [0.4, 0.5) is 24.5 Å². The Morgan fingerprint density at radius 3 is 2.57 bits per heavy atom. The summed E-state index contributed by atoms with van der Waals surface area (Å²) in [5, 5.41) is 2.15. The standard InChI is InChI=1S/C30H21BrF3N3O5S2/c1-14-5-2-3-8-19(14)35-21(38)13-42-20-10-9-16(31)12-18(20)22-23-25(43-26-24(22)44-29(41)36-26)28(40)37(27(23)39)17-7-4-6-15(11-17)30(32,33)34/h2-12,22-23,25H,13H2,1H3,(H,35,38)(H,36,41). The van der Waals surface area contributed by atoms with E-state index < -0.39 is 51.4 Å². The number of aromatic nitrogens is 1. The fourth-order valence-electron chi connectivity index (χ4n) is 5.36. The van der Waals surface area contributed by atoms with Crippen LogP contribution in [0.25, 0.3) is 0 Å². The lowest BCUT2D eigenvalue weighted by atomic mass is 9.82. The number of amides is 3. The molecule has 6 rings (SSSR count). The van der Waals surface area contributed by atoms with Crippen LogP contribution in [0.3, 0.4) is 0 Å². The van der Waals surface area contributed by atoms with E-state index in [1.807, 2.05) is 19.1 Å². The molecule has 0 spiro atoms. The van der Waals surface area contributed by atoms with Crippen molar-refractivity contribution >= 4 is 68.1 Å². The summed E-state index contributed by atoms with van der Waals surface area (Å²) in [4.78, 5) is 56.6. The number of ether oxygens (including phenoxy) is 1. The first kappa shape index (κ1) is 30.2. The molecule has 0 radical (unpaired) electrons. The van der Waals surface area contributed by atoms with Gasteiger partial charge in [-0.3, -0.25) is 19.2 Å². The Kier molecular flexibility index (Phi) is 7.92. The van der Waals surface area contributed by atoms with Crippen LogP contribution in [-0.2, 0) is 20.6 Å². The van der Waals surface area contributed by atoms with Gasteiger partial charge in [-0.05, 0) is 55.0 Å². The van der Waals surface area contributed by atoms with Gasteiger partial charge in [0.25, 0.3) is 5.91 Å². The van der Waals surface area contributed by atoms with E-state index in [9.17, 15) is 32.3 Å². The third-order valence-electron chi connectivity index (χ3n) is 7.34. The second-order valence-electron chi connectivity index (χ2n) is 10.1. The Balaban J connectivity index is 1.37. The number of thioether (sulfide) groups is 1. The van der Waals surface area contributed by atoms with Gasteiger partial charge in [-0.25, -0.2) is 4.90 Å². The van der Waals surface area contributed by atoms with E-state index in [-0.39, 0.29) is 18.0 Å². The molecular weight excluding hydrogens is 683 g/mol. The lowest BCUT2D eigenvalue weighted by Gasteiger charge is -2.31. The van der Waals surface area contributed by atoms with Crippen molar-refractivity contribution in [3.05, 3.63) is 102 Å². The fourth-order valence-corrected chi connectivity index (χ4v) is 8.25. The van der Waals surface area contributed by atoms with Gasteiger partial charge in [0.15, 0.2) is 6.61 Å². The molecule has 3 aromatic carbocycles. The number of fused-ring (bicyclic) bond motifs is 2. The number of halogens is 4. The van der Waals surface area contributed by atoms with E-state index in [1.54, 1.807) is 30.3 Å². The highest BCUT2D eigenvalue weighted by molar-refractivity contribution is 9.10. The van der Waals surface area contributed by atoms with Crippen molar-refractivity contribution in [3.8, 4) is 5.75 Å². The summed E-state index contributed by atoms with van der Waals surface area (Å²) in [5.41, 5.74) is 0.724. The number of benzene rings is 3. The molecule has 2 N–H and O–H groups in total. The number of hydrogen-bond acceptors (Lipinski definition) is 7. The number of aromatic amines is 1. The number of anilines is 2. The third-order valence-corrected chi connectivity index (χ3v) is 10.2. The molecule has 2 aliphatic heterocycles. The van der Waals surface area contributed by atoms with Crippen LogP contribution in [-0.4, -0.2) is 34.6 Å². The number of alkyl halides is 3. The number of nitrogens with zero attached hydrogens (tertiary/aromatic N) is 1. The summed E-state index contributed by atoms with van der Waals surface area (Å²) in [6.07, 6.45) is -4.68. The minimum Gasteiger partial charge on any atom is -0.483 e. The highest BCUT2D eigenvalue weighted by Gasteiger charge is 2.57. The maximum Gasteiger partial charge on any atom is 0.416 e. The second kappa shape index (κ2) is 11.6. The molecule has 14 heteroatoms. The van der Waals surface area contributed by atoms with Crippen molar-refractivity contribution in [1.82, 2.24) is 4.98 Å². The molecule has 3 heterocycles. The highest BCUT2D eigenvalue weighted by atomic mass is 79.9. The van der Waals surface area contributed by atoms with E-state index in [2.05, 4.69) is 26.2 Å². The number of H-pyrrole nitrogens is 1. The smallest absolute Gasteiger partial charge is 0.416 e. The summed E-state index contributed by atoms with van der Waals surface area (Å²) < 4.78 is 47.0. The number of thiazole rings is 1. The zero-order valence-corrected chi connectivity index (χ0v) is 25.8. The average molecular weight is 705 g/mol. The van der Waals surface area contributed by atoms with Crippen LogP contribution in [0.2, 0.25) is 0 Å². The minimum absolute atomic E-state index is 0.195. The van der Waals surface area contributed by atoms with Crippen molar-refractivity contribution in [2.75, 3.05) is 16.8 Å². The van der Waals surface area contributed by atoms with Gasteiger partial charge in [0.1, 0.15) is 11.0 Å². The lowest BCUT2D eigenvalue weighted by Crippen LogP contribution is -2.32. The van der Waals surface area contributed by atoms with Gasteiger partial charge in [0, 0.05) is 26.5 Å². The number of rotatable bonds is 6. The molecule has 1 fully saturated rings. The molecular formula is C30H21BrF3N3O5S2. The largest absolute Gasteiger partial charge is 0.483 e. The molecule has 0 bridgehead atoms. The van der Waals surface area contributed by atoms with E-state index in [0.717, 1.165) is 51.8 Å². The predicted octanol–water partition coefficient (Wildman–Crippen LogP) is 6.34. The highest BCUT2D eigenvalue weighted by Crippen LogP contribution is 2.55. The van der Waals surface area contributed by atoms with Crippen LogP contribution in [0.5, 0.6) is 5.75 Å². The lowest BCUT2D eigenvalue weighted by molar-refractivity contribution is -0.137. The minimum atomic E-state index is -4.68. The van der Waals surface area contributed by atoms with E-state index >= 15 is 0 Å². The molecule has 3 amide bonds. The average Bonchev–Trinajstić information content (AvgIpc) is 3.47. The molecule has 44 heavy (non-hydrogen) atoms. The van der Waals surface area contributed by atoms with Gasteiger partial charge in [0.2, 0.25) is 11.8 Å². The van der Waals surface area contributed by atoms with Crippen molar-refractivity contribution in [3.63, 3.8) is 0 Å². The maximum absolute atomic E-state index is 14.0. The van der Waals surface area contributed by atoms with Crippen molar-refractivity contribution in [2.45, 2.75) is 29.3 Å². The summed E-state index contributed by atoms with van der Waals surface area (Å²) >= 11 is 5.32. The predicted molar refractivity (Wildman–Crippen MR) is 163 cm³/mol. The monoisotopic (exact) mass is 703 g/mol. The molecule has 8 nitrogen and oxygen atoms in total. The molecule has 1 aromatic heterocycles. The zero-order valence-electron chi connectivity index (χ0n) is 22.6. The summed E-state index contributed by atoms with van der Waals surface area (Å²) in [5.74, 6) is -3.53. The zero-order chi connectivity index (χ0) is 31.3. The normalized spacial score (nSPS) is 19.5. The van der Waals surface area contributed by atoms with Crippen molar-refractivity contribution in [2.24, 2.45) is 5.92 Å². The Hall–Kier alpha value is -3.88. The first-order valence-corrected chi connectivity index (χ1v) is 15.6. The van der Waals surface area contributed by atoms with Crippen LogP contribution in [0.1, 0.15) is 27.5 Å². The molecule has 1 saturated heterocycles. The van der Waals surface area contributed by atoms with Crippen LogP contribution in [0, 0.1) is 12.8 Å². The number of imide groups is 1. The number of aryl methyl sites for hydroxylation is 1. The SMILES string of the molecule is Cc1ccccc1NC(=O)COc1ccc(Br)cc1C1c2sc(=O)[nH]c2SC2C(=O)N(c3cccc(C(F)(F)F)c3)C(=O)C21. The number of hydrogen-bond donors (Lipinski definition) is 2. The first-order chi connectivity index (χ1) is 20.9. The summed E-state index contributed by atoms with van der Waals surface area (Å²) in [7, 11) is 0. The Morgan fingerprint density at radius 2 is 1.82 bits per heavy atom. The molecule has 3 atom stereocenters. The van der Waals surface area contributed by atoms with Gasteiger partial charge < -0.3 is 15.0 Å². The van der Waals surface area contributed by atoms with Crippen LogP contribution < -0.4 is 19.8 Å². The molecule has 0 aliphatic carbocycles. The Morgan fingerprint density at radius 1 is 1.05 bits per heavy atom. The molecule has 3 unspecified atom stereocenters. The third kappa shape index (κ3) is 5.57. The maximum atomic E-state index is 14.0. The van der Waals surface area contributed by atoms with E-state index in [0.29, 0.717) is 25.6 Å². The fraction of sp³-hybridized carbons (Fsp3) is 0.200. The van der Waals surface area contributed by atoms with Crippen molar-refractivity contribution in [1.29, 1.82) is 0 Å². The van der Waals surface area contributed by atoms with E-state index in [1.165, 1.54) is 6.07 Å². The summed E-state index contributed by atoms with van der Waals surface area (Å²) in [6.45, 7) is 1.47. The number of nitrogens with one attached hydrogen (secondary N) is 2. The van der Waals surface area contributed by atoms with Crippen LogP contribution >= 0.6 is 39.0 Å². The quantitative estimate of drug-likeness (QED) is 0.227. The molecule has 2 aliphatic rings. The van der Waals surface area contributed by atoms with Crippen LogP contribution in [0.15, 0.2) is 81.0 Å².